The maximum Gasteiger partial charge on any atom is 0.0940 e. The molecule has 1 N–H and O–H groups in total. The van der Waals surface area contributed by atoms with Crippen LogP contribution in [0, 0.1) is 6.92 Å². The van der Waals surface area contributed by atoms with Crippen molar-refractivity contribution in [1.29, 1.82) is 0 Å². The first kappa shape index (κ1) is 12.6. The van der Waals surface area contributed by atoms with Gasteiger partial charge in [-0.1, -0.05) is 29.8 Å². The third-order valence-electron chi connectivity index (χ3n) is 3.27. The van der Waals surface area contributed by atoms with E-state index in [2.05, 4.69) is 55.1 Å². The molecule has 1 aliphatic heterocycles. The minimum atomic E-state index is -0.628. The first-order chi connectivity index (χ1) is 7.97. The highest BCUT2D eigenvalue weighted by Gasteiger charge is 2.34. The molecule has 0 amide bonds. The first-order valence-electron chi connectivity index (χ1n) is 6.12. The molecule has 1 heterocycles. The van der Waals surface area contributed by atoms with Crippen molar-refractivity contribution in [2.75, 3.05) is 33.9 Å². The number of aliphatic hydroxyl groups is 1. The van der Waals surface area contributed by atoms with Crippen molar-refractivity contribution in [3.8, 4) is 0 Å². The summed E-state index contributed by atoms with van der Waals surface area (Å²) in [5.74, 6) is 0. The van der Waals surface area contributed by atoms with E-state index in [-0.39, 0.29) is 0 Å². The Morgan fingerprint density at radius 2 is 1.65 bits per heavy atom. The van der Waals surface area contributed by atoms with Crippen LogP contribution in [0.2, 0.25) is 0 Å². The zero-order valence-electron chi connectivity index (χ0n) is 11.0. The summed E-state index contributed by atoms with van der Waals surface area (Å²) in [4.78, 5) is 4.33. The molecular formula is C14H22N2O. The second-order valence-electron chi connectivity index (χ2n) is 5.56. The van der Waals surface area contributed by atoms with Gasteiger partial charge in [0.2, 0.25) is 0 Å². The Labute approximate surface area is 104 Å². The predicted octanol–water partition coefficient (Wildman–Crippen LogP) is 1.10. The molecule has 0 saturated carbocycles. The van der Waals surface area contributed by atoms with Crippen LogP contribution in [0.1, 0.15) is 11.1 Å². The van der Waals surface area contributed by atoms with Crippen molar-refractivity contribution in [3.05, 3.63) is 35.4 Å². The summed E-state index contributed by atoms with van der Waals surface area (Å²) in [5, 5.41) is 10.7. The third-order valence-corrected chi connectivity index (χ3v) is 3.27. The summed E-state index contributed by atoms with van der Waals surface area (Å²) in [6.45, 7) is 4.49. The molecule has 1 aromatic carbocycles. The Morgan fingerprint density at radius 1 is 1.12 bits per heavy atom. The van der Waals surface area contributed by atoms with Crippen molar-refractivity contribution in [2.45, 2.75) is 18.9 Å². The van der Waals surface area contributed by atoms with Crippen molar-refractivity contribution in [2.24, 2.45) is 0 Å². The van der Waals surface area contributed by atoms with Gasteiger partial charge in [0.25, 0.3) is 0 Å². The monoisotopic (exact) mass is 234 g/mol. The topological polar surface area (TPSA) is 26.7 Å². The summed E-state index contributed by atoms with van der Waals surface area (Å²) in [5.41, 5.74) is 1.84. The Bertz CT molecular complexity index is 364. The van der Waals surface area contributed by atoms with E-state index in [1.807, 2.05) is 0 Å². The van der Waals surface area contributed by atoms with Gasteiger partial charge in [0.1, 0.15) is 0 Å². The molecule has 17 heavy (non-hydrogen) atoms. The van der Waals surface area contributed by atoms with Crippen molar-refractivity contribution < 1.29 is 5.11 Å². The van der Waals surface area contributed by atoms with Gasteiger partial charge >= 0.3 is 0 Å². The second-order valence-corrected chi connectivity index (χ2v) is 5.56. The van der Waals surface area contributed by atoms with Crippen molar-refractivity contribution in [3.63, 3.8) is 0 Å². The maximum atomic E-state index is 10.7. The Kier molecular flexibility index (Phi) is 3.52. The molecule has 0 aliphatic carbocycles. The lowest BCUT2D eigenvalue weighted by Gasteiger charge is -2.42. The van der Waals surface area contributed by atoms with E-state index in [0.717, 1.165) is 26.2 Å². The standard InChI is InChI=1S/C14H22N2O/c1-12-4-6-13(7-5-12)8-14(17)9-15(2)11-16(3)10-14/h4-7,17H,8-11H2,1-3H3. The number of hydrogen-bond donors (Lipinski definition) is 1. The molecule has 0 bridgehead atoms. The highest BCUT2D eigenvalue weighted by molar-refractivity contribution is 5.23. The van der Waals surface area contributed by atoms with E-state index >= 15 is 0 Å². The van der Waals surface area contributed by atoms with Crippen LogP contribution in [0.25, 0.3) is 0 Å². The van der Waals surface area contributed by atoms with Gasteiger partial charge in [0.05, 0.1) is 12.3 Å². The average Bonchev–Trinajstić information content (AvgIpc) is 2.19. The smallest absolute Gasteiger partial charge is 0.0940 e. The zero-order chi connectivity index (χ0) is 12.5. The molecule has 0 spiro atoms. The van der Waals surface area contributed by atoms with E-state index in [0.29, 0.717) is 0 Å². The number of likely N-dealkylation sites (N-methyl/N-ethyl adjacent to an activating group) is 2. The van der Waals surface area contributed by atoms with Crippen LogP contribution in [0.5, 0.6) is 0 Å². The molecule has 1 aliphatic rings. The zero-order valence-corrected chi connectivity index (χ0v) is 11.0. The fourth-order valence-electron chi connectivity index (χ4n) is 2.76. The molecule has 0 aromatic heterocycles. The van der Waals surface area contributed by atoms with Crippen LogP contribution in [0.4, 0.5) is 0 Å². The molecule has 1 aromatic rings. The highest BCUT2D eigenvalue weighted by Crippen LogP contribution is 2.20. The van der Waals surface area contributed by atoms with Crippen LogP contribution in [0.15, 0.2) is 24.3 Å². The van der Waals surface area contributed by atoms with Crippen LogP contribution in [-0.4, -0.2) is 54.4 Å². The van der Waals surface area contributed by atoms with Gasteiger partial charge in [0.15, 0.2) is 0 Å². The minimum absolute atomic E-state index is 0.628. The fourth-order valence-corrected chi connectivity index (χ4v) is 2.76. The SMILES string of the molecule is Cc1ccc(CC2(O)CN(C)CN(C)C2)cc1. The van der Waals surface area contributed by atoms with Crippen LogP contribution in [0.3, 0.4) is 0 Å². The van der Waals surface area contributed by atoms with E-state index in [1.54, 1.807) is 0 Å². The van der Waals surface area contributed by atoms with Crippen LogP contribution >= 0.6 is 0 Å². The molecule has 1 fully saturated rings. The van der Waals surface area contributed by atoms with E-state index in [4.69, 9.17) is 0 Å². The summed E-state index contributed by atoms with van der Waals surface area (Å²) >= 11 is 0. The van der Waals surface area contributed by atoms with Crippen molar-refractivity contribution in [1.82, 2.24) is 9.80 Å². The number of nitrogens with zero attached hydrogens (tertiary/aromatic N) is 2. The summed E-state index contributed by atoms with van der Waals surface area (Å²) in [7, 11) is 4.10. The number of hydrogen-bond acceptors (Lipinski definition) is 3. The Hall–Kier alpha value is -0.900. The van der Waals surface area contributed by atoms with E-state index in [1.165, 1.54) is 11.1 Å². The molecule has 3 heteroatoms. The summed E-state index contributed by atoms with van der Waals surface area (Å²) in [6, 6.07) is 8.44. The molecule has 0 unspecified atom stereocenters. The van der Waals surface area contributed by atoms with Crippen LogP contribution < -0.4 is 0 Å². The number of β-amino-alcohol motifs (C(OH)–C–C–N with tert-alkyl or cyclic N) is 1. The molecule has 1 saturated heterocycles. The quantitative estimate of drug-likeness (QED) is 0.830. The second kappa shape index (κ2) is 4.77. The lowest BCUT2D eigenvalue weighted by molar-refractivity contribution is -0.0648. The molecule has 0 radical (unpaired) electrons. The molecule has 2 rings (SSSR count). The molecule has 0 atom stereocenters. The average molecular weight is 234 g/mol. The van der Waals surface area contributed by atoms with Gasteiger partial charge in [-0.3, -0.25) is 9.80 Å². The highest BCUT2D eigenvalue weighted by atomic mass is 16.3. The number of rotatable bonds is 2. The minimum Gasteiger partial charge on any atom is -0.387 e. The molecule has 94 valence electrons. The molecular weight excluding hydrogens is 212 g/mol. The number of aryl methyl sites for hydroxylation is 1. The van der Waals surface area contributed by atoms with Gasteiger partial charge < -0.3 is 5.11 Å². The van der Waals surface area contributed by atoms with Gasteiger partial charge in [0, 0.05) is 19.5 Å². The van der Waals surface area contributed by atoms with Gasteiger partial charge in [-0.25, -0.2) is 0 Å². The normalized spacial score (nSPS) is 21.6. The summed E-state index contributed by atoms with van der Waals surface area (Å²) in [6.07, 6.45) is 0.724. The molecule has 3 nitrogen and oxygen atoms in total. The van der Waals surface area contributed by atoms with Gasteiger partial charge in [-0.05, 0) is 26.6 Å². The predicted molar refractivity (Wildman–Crippen MR) is 70.0 cm³/mol. The fraction of sp³-hybridized carbons (Fsp3) is 0.571. The largest absolute Gasteiger partial charge is 0.387 e. The maximum absolute atomic E-state index is 10.7. The Morgan fingerprint density at radius 3 is 2.18 bits per heavy atom. The lowest BCUT2D eigenvalue weighted by atomic mass is 9.92. The summed E-state index contributed by atoms with van der Waals surface area (Å²) < 4.78 is 0. The van der Waals surface area contributed by atoms with Crippen LogP contribution in [-0.2, 0) is 6.42 Å². The Balaban J connectivity index is 2.08. The van der Waals surface area contributed by atoms with E-state index in [9.17, 15) is 5.11 Å². The first-order valence-corrected chi connectivity index (χ1v) is 6.12. The third kappa shape index (κ3) is 3.28. The number of benzene rings is 1. The van der Waals surface area contributed by atoms with Gasteiger partial charge in [-0.2, -0.15) is 0 Å². The van der Waals surface area contributed by atoms with Crippen molar-refractivity contribution >= 4 is 0 Å². The van der Waals surface area contributed by atoms with E-state index < -0.39 is 5.60 Å². The van der Waals surface area contributed by atoms with Gasteiger partial charge in [-0.15, -0.1) is 0 Å². The lowest BCUT2D eigenvalue weighted by Crippen LogP contribution is -2.58.